The molecule has 2 heterocycles. The minimum absolute atomic E-state index is 0.0747. The SMILES string of the molecule is CCN1C(=O)[C@H]2[C@@H](C1=O)[C@@](Cc1ccc(O)cc1)(C(=O)OC)N[C@H]2c1ccc(O)cc1. The Bertz CT molecular complexity index is 1020. The molecule has 0 spiro atoms. The van der Waals surface area contributed by atoms with Gasteiger partial charge in [-0.15, -0.1) is 0 Å². The lowest BCUT2D eigenvalue weighted by Gasteiger charge is -2.32. The van der Waals surface area contributed by atoms with E-state index < -0.39 is 35.3 Å². The van der Waals surface area contributed by atoms with Crippen LogP contribution in [0.3, 0.4) is 0 Å². The van der Waals surface area contributed by atoms with Gasteiger partial charge < -0.3 is 14.9 Å². The summed E-state index contributed by atoms with van der Waals surface area (Å²) in [6.45, 7) is 1.93. The number of carbonyl (C=O) groups excluding carboxylic acids is 3. The summed E-state index contributed by atoms with van der Waals surface area (Å²) < 4.78 is 5.12. The number of hydrogen-bond donors (Lipinski definition) is 3. The van der Waals surface area contributed by atoms with Gasteiger partial charge in [0.2, 0.25) is 11.8 Å². The zero-order valence-electron chi connectivity index (χ0n) is 17.2. The first kappa shape index (κ1) is 20.9. The van der Waals surface area contributed by atoms with Crippen molar-refractivity contribution in [3.8, 4) is 11.5 Å². The van der Waals surface area contributed by atoms with Crippen LogP contribution in [0.5, 0.6) is 11.5 Å². The summed E-state index contributed by atoms with van der Waals surface area (Å²) in [6.07, 6.45) is 0.103. The molecule has 8 nitrogen and oxygen atoms in total. The molecule has 2 aromatic carbocycles. The lowest BCUT2D eigenvalue weighted by molar-refractivity contribution is -0.154. The van der Waals surface area contributed by atoms with Crippen LogP contribution in [-0.2, 0) is 25.5 Å². The molecule has 0 radical (unpaired) electrons. The van der Waals surface area contributed by atoms with Gasteiger partial charge in [0.25, 0.3) is 0 Å². The van der Waals surface area contributed by atoms with Crippen molar-refractivity contribution >= 4 is 17.8 Å². The smallest absolute Gasteiger partial charge is 0.327 e. The van der Waals surface area contributed by atoms with Crippen molar-refractivity contribution in [3.05, 3.63) is 59.7 Å². The van der Waals surface area contributed by atoms with Crippen molar-refractivity contribution in [1.82, 2.24) is 10.2 Å². The molecule has 2 aromatic rings. The minimum atomic E-state index is -1.46. The van der Waals surface area contributed by atoms with Crippen molar-refractivity contribution in [3.63, 3.8) is 0 Å². The van der Waals surface area contributed by atoms with Crippen molar-refractivity contribution in [2.24, 2.45) is 11.8 Å². The van der Waals surface area contributed by atoms with Gasteiger partial charge in [0.05, 0.1) is 18.9 Å². The molecule has 2 saturated heterocycles. The van der Waals surface area contributed by atoms with E-state index in [1.165, 1.54) is 36.3 Å². The second-order valence-corrected chi connectivity index (χ2v) is 7.94. The number of hydrogen-bond acceptors (Lipinski definition) is 7. The maximum absolute atomic E-state index is 13.3. The Hall–Kier alpha value is -3.39. The second kappa shape index (κ2) is 7.70. The lowest BCUT2D eigenvalue weighted by atomic mass is 9.76. The Morgan fingerprint density at radius 2 is 1.61 bits per heavy atom. The van der Waals surface area contributed by atoms with Gasteiger partial charge in [-0.3, -0.25) is 24.6 Å². The Kier molecular flexibility index (Phi) is 5.18. The van der Waals surface area contributed by atoms with Gasteiger partial charge in [0.15, 0.2) is 0 Å². The van der Waals surface area contributed by atoms with E-state index >= 15 is 0 Å². The number of likely N-dealkylation sites (tertiary alicyclic amines) is 1. The van der Waals surface area contributed by atoms with Crippen molar-refractivity contribution in [2.75, 3.05) is 13.7 Å². The molecule has 162 valence electrons. The molecule has 2 amide bonds. The Labute approximate surface area is 179 Å². The fraction of sp³-hybridized carbons (Fsp3) is 0.348. The number of phenols is 2. The van der Waals surface area contributed by atoms with Crippen LogP contribution >= 0.6 is 0 Å². The van der Waals surface area contributed by atoms with Crippen LogP contribution < -0.4 is 5.32 Å². The molecular formula is C23H24N2O6. The number of nitrogens with zero attached hydrogens (tertiary/aromatic N) is 1. The molecule has 31 heavy (non-hydrogen) atoms. The van der Waals surface area contributed by atoms with Crippen LogP contribution in [0.25, 0.3) is 0 Å². The number of phenolic OH excluding ortho intramolecular Hbond substituents is 2. The quantitative estimate of drug-likeness (QED) is 0.492. The molecule has 8 heteroatoms. The average Bonchev–Trinajstić information content (AvgIpc) is 3.24. The molecule has 4 rings (SSSR count). The van der Waals surface area contributed by atoms with E-state index in [1.54, 1.807) is 31.2 Å². The highest BCUT2D eigenvalue weighted by atomic mass is 16.5. The summed E-state index contributed by atoms with van der Waals surface area (Å²) in [5, 5.41) is 22.5. The van der Waals surface area contributed by atoms with Crippen molar-refractivity contribution in [1.29, 1.82) is 0 Å². The van der Waals surface area contributed by atoms with E-state index in [0.29, 0.717) is 11.1 Å². The number of amides is 2. The molecule has 4 atom stereocenters. The fourth-order valence-corrected chi connectivity index (χ4v) is 4.88. The summed E-state index contributed by atoms with van der Waals surface area (Å²) >= 11 is 0. The van der Waals surface area contributed by atoms with Crippen LogP contribution in [0, 0.1) is 11.8 Å². The number of benzene rings is 2. The molecular weight excluding hydrogens is 400 g/mol. The third-order valence-electron chi connectivity index (χ3n) is 6.28. The molecule has 0 bridgehead atoms. The summed E-state index contributed by atoms with van der Waals surface area (Å²) in [5.41, 5.74) is -0.0744. The van der Waals surface area contributed by atoms with E-state index in [0.717, 1.165) is 0 Å². The molecule has 2 aliphatic rings. The number of fused-ring (bicyclic) bond motifs is 1. The molecule has 0 unspecified atom stereocenters. The lowest BCUT2D eigenvalue weighted by Crippen LogP contribution is -2.57. The number of carbonyl (C=O) groups is 3. The number of esters is 1. The molecule has 2 fully saturated rings. The number of rotatable bonds is 5. The maximum atomic E-state index is 13.3. The van der Waals surface area contributed by atoms with E-state index in [2.05, 4.69) is 5.32 Å². The first-order chi connectivity index (χ1) is 14.8. The van der Waals surface area contributed by atoms with Crippen LogP contribution in [0.15, 0.2) is 48.5 Å². The number of aromatic hydroxyl groups is 2. The highest BCUT2D eigenvalue weighted by molar-refractivity contribution is 6.09. The monoisotopic (exact) mass is 424 g/mol. The Morgan fingerprint density at radius 3 is 2.16 bits per heavy atom. The van der Waals surface area contributed by atoms with Gasteiger partial charge in [0, 0.05) is 19.0 Å². The maximum Gasteiger partial charge on any atom is 0.327 e. The first-order valence-corrected chi connectivity index (χ1v) is 10.1. The molecule has 2 aliphatic heterocycles. The van der Waals surface area contributed by atoms with E-state index in [4.69, 9.17) is 4.74 Å². The van der Waals surface area contributed by atoms with Crippen LogP contribution in [0.1, 0.15) is 24.1 Å². The fourth-order valence-electron chi connectivity index (χ4n) is 4.88. The summed E-state index contributed by atoms with van der Waals surface area (Å²) in [7, 11) is 1.25. The normalized spacial score (nSPS) is 27.4. The molecule has 3 N–H and O–H groups in total. The second-order valence-electron chi connectivity index (χ2n) is 7.94. The third-order valence-corrected chi connectivity index (χ3v) is 6.28. The first-order valence-electron chi connectivity index (χ1n) is 10.1. The van der Waals surface area contributed by atoms with Gasteiger partial charge in [-0.2, -0.15) is 0 Å². The van der Waals surface area contributed by atoms with E-state index in [9.17, 15) is 24.6 Å². The van der Waals surface area contributed by atoms with Gasteiger partial charge in [0.1, 0.15) is 17.0 Å². The summed E-state index contributed by atoms with van der Waals surface area (Å²) in [4.78, 5) is 40.9. The van der Waals surface area contributed by atoms with Crippen molar-refractivity contribution in [2.45, 2.75) is 24.9 Å². The van der Waals surface area contributed by atoms with Gasteiger partial charge in [-0.25, -0.2) is 0 Å². The standard InChI is InChI=1S/C23H24N2O6/c1-3-25-20(28)17-18(21(25)29)23(22(30)31-2,12-13-4-8-15(26)9-5-13)24-19(17)14-6-10-16(27)11-7-14/h4-11,17-19,24,26-27H,3,12H2,1-2H3/t17-,18-,19-,23-/m0/s1. The number of imide groups is 1. The van der Waals surface area contributed by atoms with Gasteiger partial charge >= 0.3 is 5.97 Å². The van der Waals surface area contributed by atoms with Crippen LogP contribution in [0.4, 0.5) is 0 Å². The molecule has 0 aliphatic carbocycles. The highest BCUT2D eigenvalue weighted by Gasteiger charge is 2.68. The number of ether oxygens (including phenoxy) is 1. The predicted molar refractivity (Wildman–Crippen MR) is 110 cm³/mol. The zero-order chi connectivity index (χ0) is 22.3. The zero-order valence-corrected chi connectivity index (χ0v) is 17.2. The number of nitrogens with one attached hydrogen (secondary N) is 1. The molecule has 0 aromatic heterocycles. The highest BCUT2D eigenvalue weighted by Crippen LogP contribution is 2.50. The van der Waals surface area contributed by atoms with Gasteiger partial charge in [-0.1, -0.05) is 24.3 Å². The Balaban J connectivity index is 1.85. The summed E-state index contributed by atoms with van der Waals surface area (Å²) in [5.74, 6) is -2.94. The Morgan fingerprint density at radius 1 is 1.03 bits per heavy atom. The number of methoxy groups -OCH3 is 1. The third kappa shape index (κ3) is 3.23. The minimum Gasteiger partial charge on any atom is -0.508 e. The average molecular weight is 424 g/mol. The predicted octanol–water partition coefficient (Wildman–Crippen LogP) is 1.52. The van der Waals surface area contributed by atoms with E-state index in [1.807, 2.05) is 0 Å². The summed E-state index contributed by atoms with van der Waals surface area (Å²) in [6, 6.07) is 12.1. The van der Waals surface area contributed by atoms with Crippen molar-refractivity contribution < 1.29 is 29.3 Å². The topological polar surface area (TPSA) is 116 Å². The van der Waals surface area contributed by atoms with E-state index in [-0.39, 0.29) is 30.4 Å². The van der Waals surface area contributed by atoms with Crippen LogP contribution in [-0.4, -0.2) is 52.1 Å². The van der Waals surface area contributed by atoms with Crippen LogP contribution in [0.2, 0.25) is 0 Å². The largest absolute Gasteiger partial charge is 0.508 e. The molecule has 0 saturated carbocycles. The van der Waals surface area contributed by atoms with Gasteiger partial charge in [-0.05, 0) is 42.3 Å².